The van der Waals surface area contributed by atoms with Crippen molar-refractivity contribution in [1.82, 2.24) is 0 Å². The molecule has 7 nitrogen and oxygen atoms in total. The van der Waals surface area contributed by atoms with Crippen LogP contribution in [0.2, 0.25) is 0 Å². The largest absolute Gasteiger partial charge is 0.495 e. The number of thiocarbonyl (C=S) groups is 1. The highest BCUT2D eigenvalue weighted by Gasteiger charge is 2.26. The monoisotopic (exact) mass is 555 g/mol. The van der Waals surface area contributed by atoms with Crippen LogP contribution in [0.1, 0.15) is 40.1 Å². The van der Waals surface area contributed by atoms with Gasteiger partial charge in [0.2, 0.25) is 5.91 Å². The van der Waals surface area contributed by atoms with E-state index >= 15 is 0 Å². The number of aryl methyl sites for hydroxylation is 1. The van der Waals surface area contributed by atoms with Crippen LogP contribution in [0.3, 0.4) is 0 Å². The zero-order chi connectivity index (χ0) is 26.2. The third-order valence-corrected chi connectivity index (χ3v) is 8.29. The van der Waals surface area contributed by atoms with E-state index < -0.39 is 0 Å². The molecule has 1 aliphatic carbocycles. The topological polar surface area (TPSA) is 88.7 Å². The fourth-order valence-electron chi connectivity index (χ4n) is 4.16. The van der Waals surface area contributed by atoms with Crippen LogP contribution in [0.5, 0.6) is 5.75 Å². The normalized spacial score (nSPS) is 12.6. The maximum absolute atomic E-state index is 12.8. The lowest BCUT2D eigenvalue weighted by Gasteiger charge is -2.14. The van der Waals surface area contributed by atoms with Crippen molar-refractivity contribution in [1.29, 1.82) is 0 Å². The Hall–Kier alpha value is -3.08. The van der Waals surface area contributed by atoms with Crippen LogP contribution in [0.25, 0.3) is 0 Å². The molecule has 1 amide bonds. The lowest BCUT2D eigenvalue weighted by Crippen LogP contribution is -2.19. The molecule has 3 aromatic rings. The molecule has 10 heteroatoms. The first-order valence-electron chi connectivity index (χ1n) is 11.9. The van der Waals surface area contributed by atoms with Gasteiger partial charge in [-0.2, -0.15) is 0 Å². The average molecular weight is 556 g/mol. The van der Waals surface area contributed by atoms with Gasteiger partial charge >= 0.3 is 5.97 Å². The summed E-state index contributed by atoms with van der Waals surface area (Å²) in [6.07, 6.45) is 5.06. The molecule has 0 bridgehead atoms. The van der Waals surface area contributed by atoms with Crippen molar-refractivity contribution in [3.63, 3.8) is 0 Å². The Kier molecular flexibility index (Phi) is 9.43. The first-order valence-corrected chi connectivity index (χ1v) is 14.2. The van der Waals surface area contributed by atoms with Crippen LogP contribution in [0, 0.1) is 0 Å². The predicted molar refractivity (Wildman–Crippen MR) is 156 cm³/mol. The number of para-hydroxylation sites is 2. The molecule has 0 saturated heterocycles. The molecule has 0 fully saturated rings. The highest BCUT2D eigenvalue weighted by molar-refractivity contribution is 8.00. The van der Waals surface area contributed by atoms with Gasteiger partial charge in [-0.1, -0.05) is 24.6 Å². The van der Waals surface area contributed by atoms with E-state index in [2.05, 4.69) is 16.0 Å². The van der Waals surface area contributed by atoms with E-state index in [1.807, 2.05) is 48.5 Å². The summed E-state index contributed by atoms with van der Waals surface area (Å²) >= 11 is 8.36. The van der Waals surface area contributed by atoms with Gasteiger partial charge in [-0.3, -0.25) is 4.79 Å². The SMILES string of the molecule is COC(=O)c1c(NC(=O)CSc2cccc(NC(=S)Nc3ccccc3OC)c2)sc2c1CCCCC2. The van der Waals surface area contributed by atoms with E-state index in [0.717, 1.165) is 53.9 Å². The first-order chi connectivity index (χ1) is 18.0. The van der Waals surface area contributed by atoms with Crippen molar-refractivity contribution in [3.05, 3.63) is 64.5 Å². The zero-order valence-electron chi connectivity index (χ0n) is 20.7. The Morgan fingerprint density at radius 3 is 2.62 bits per heavy atom. The number of carbonyl (C=O) groups is 2. The number of amides is 1. The summed E-state index contributed by atoms with van der Waals surface area (Å²) in [5.41, 5.74) is 3.12. The summed E-state index contributed by atoms with van der Waals surface area (Å²) in [5.74, 6) is 0.341. The minimum atomic E-state index is -0.390. The van der Waals surface area contributed by atoms with Crippen LogP contribution in [-0.4, -0.2) is 37.0 Å². The van der Waals surface area contributed by atoms with Crippen molar-refractivity contribution in [2.45, 2.75) is 37.0 Å². The number of hydrogen-bond acceptors (Lipinski definition) is 7. The number of thiophene rings is 1. The van der Waals surface area contributed by atoms with Gasteiger partial charge in [0.25, 0.3) is 0 Å². The second-order valence-electron chi connectivity index (χ2n) is 8.40. The van der Waals surface area contributed by atoms with Crippen LogP contribution >= 0.6 is 35.3 Å². The minimum absolute atomic E-state index is 0.168. The number of methoxy groups -OCH3 is 2. The van der Waals surface area contributed by atoms with E-state index in [1.54, 1.807) is 7.11 Å². The highest BCUT2D eigenvalue weighted by Crippen LogP contribution is 2.38. The summed E-state index contributed by atoms with van der Waals surface area (Å²) in [6.45, 7) is 0. The smallest absolute Gasteiger partial charge is 0.341 e. The Morgan fingerprint density at radius 1 is 1.00 bits per heavy atom. The number of esters is 1. The average Bonchev–Trinajstić information content (AvgIpc) is 3.07. The number of ether oxygens (including phenoxy) is 2. The number of carbonyl (C=O) groups excluding carboxylic acids is 2. The molecule has 194 valence electrons. The number of hydrogen-bond donors (Lipinski definition) is 3. The lowest BCUT2D eigenvalue weighted by atomic mass is 10.1. The van der Waals surface area contributed by atoms with Crippen molar-refractivity contribution in [2.75, 3.05) is 35.9 Å². The minimum Gasteiger partial charge on any atom is -0.495 e. The molecule has 0 unspecified atom stereocenters. The molecular formula is C27H29N3O4S3. The van der Waals surface area contributed by atoms with Crippen molar-refractivity contribution in [2.24, 2.45) is 0 Å². The maximum Gasteiger partial charge on any atom is 0.341 e. The predicted octanol–water partition coefficient (Wildman–Crippen LogP) is 6.35. The van der Waals surface area contributed by atoms with Crippen LogP contribution in [0.4, 0.5) is 16.4 Å². The molecule has 37 heavy (non-hydrogen) atoms. The summed E-state index contributed by atoms with van der Waals surface area (Å²) in [4.78, 5) is 27.4. The van der Waals surface area contributed by atoms with Crippen molar-refractivity contribution < 1.29 is 19.1 Å². The van der Waals surface area contributed by atoms with Crippen LogP contribution in [0.15, 0.2) is 53.4 Å². The van der Waals surface area contributed by atoms with Gasteiger partial charge in [0.15, 0.2) is 5.11 Å². The molecular weight excluding hydrogens is 527 g/mol. The van der Waals surface area contributed by atoms with E-state index in [4.69, 9.17) is 21.7 Å². The molecule has 2 aromatic carbocycles. The van der Waals surface area contributed by atoms with Crippen LogP contribution in [-0.2, 0) is 22.4 Å². The molecule has 3 N–H and O–H groups in total. The molecule has 0 aliphatic heterocycles. The first kappa shape index (κ1) is 27.0. The molecule has 0 saturated carbocycles. The standard InChI is InChI=1S/C27H29N3O4S3/c1-33-21-13-7-6-12-20(21)29-27(35)28-17-9-8-10-18(15-17)36-16-23(31)30-25-24(26(32)34-2)19-11-4-3-5-14-22(19)37-25/h6-10,12-13,15H,3-5,11,14,16H2,1-2H3,(H,30,31)(H2,28,29,35). The van der Waals surface area contributed by atoms with Crippen molar-refractivity contribution in [3.8, 4) is 5.75 Å². The third kappa shape index (κ3) is 7.03. The number of fused-ring (bicyclic) bond motifs is 1. The quantitative estimate of drug-likeness (QED) is 0.128. The summed E-state index contributed by atoms with van der Waals surface area (Å²) in [6, 6.07) is 15.2. The summed E-state index contributed by atoms with van der Waals surface area (Å²) in [5, 5.41) is 10.3. The fourth-order valence-corrected chi connectivity index (χ4v) is 6.43. The fraction of sp³-hybridized carbons (Fsp3) is 0.296. The Morgan fingerprint density at radius 2 is 1.81 bits per heavy atom. The van der Waals surface area contributed by atoms with E-state index in [9.17, 15) is 9.59 Å². The van der Waals surface area contributed by atoms with E-state index in [-0.39, 0.29) is 17.6 Å². The van der Waals surface area contributed by atoms with Gasteiger partial charge in [0, 0.05) is 15.5 Å². The number of benzene rings is 2. The third-order valence-electron chi connectivity index (χ3n) is 5.88. The maximum atomic E-state index is 12.8. The Balaban J connectivity index is 1.36. The van der Waals surface area contributed by atoms with Gasteiger partial charge in [0.05, 0.1) is 31.2 Å². The second-order valence-corrected chi connectivity index (χ2v) is 11.0. The molecule has 4 rings (SSSR count). The molecule has 0 radical (unpaired) electrons. The zero-order valence-corrected chi connectivity index (χ0v) is 23.2. The number of anilines is 3. The van der Waals surface area contributed by atoms with Gasteiger partial charge in [0.1, 0.15) is 10.8 Å². The number of thioether (sulfide) groups is 1. The second kappa shape index (κ2) is 12.9. The Bertz CT molecular complexity index is 1290. The summed E-state index contributed by atoms with van der Waals surface area (Å²) in [7, 11) is 2.99. The van der Waals surface area contributed by atoms with Crippen LogP contribution < -0.4 is 20.7 Å². The Labute approximate surface area is 230 Å². The van der Waals surface area contributed by atoms with Gasteiger partial charge in [-0.05, 0) is 73.8 Å². The van der Waals surface area contributed by atoms with Gasteiger partial charge in [-0.15, -0.1) is 23.1 Å². The molecule has 1 aromatic heterocycles. The molecule has 1 heterocycles. The lowest BCUT2D eigenvalue weighted by molar-refractivity contribution is -0.113. The number of nitrogens with one attached hydrogen (secondary N) is 3. The molecule has 0 spiro atoms. The van der Waals surface area contributed by atoms with Crippen molar-refractivity contribution >= 4 is 68.7 Å². The van der Waals surface area contributed by atoms with Gasteiger partial charge in [-0.25, -0.2) is 4.79 Å². The molecule has 1 aliphatic rings. The highest BCUT2D eigenvalue weighted by atomic mass is 32.2. The van der Waals surface area contributed by atoms with E-state index in [0.29, 0.717) is 21.4 Å². The van der Waals surface area contributed by atoms with E-state index in [1.165, 1.54) is 35.1 Å². The van der Waals surface area contributed by atoms with Gasteiger partial charge < -0.3 is 25.4 Å². The summed E-state index contributed by atoms with van der Waals surface area (Å²) < 4.78 is 10.4. The molecule has 0 atom stereocenters. The number of rotatable bonds is 8.